The van der Waals surface area contributed by atoms with Crippen LogP contribution in [0.3, 0.4) is 0 Å². The summed E-state index contributed by atoms with van der Waals surface area (Å²) < 4.78 is 14.3. The second kappa shape index (κ2) is 10.7. The van der Waals surface area contributed by atoms with Gasteiger partial charge in [-0.25, -0.2) is 14.2 Å². The quantitative estimate of drug-likeness (QED) is 0.264. The molecule has 7 nitrogen and oxygen atoms in total. The van der Waals surface area contributed by atoms with Crippen LogP contribution in [-0.2, 0) is 11.2 Å². The van der Waals surface area contributed by atoms with E-state index in [1.165, 1.54) is 23.7 Å². The first-order valence-electron chi connectivity index (χ1n) is 11.5. The van der Waals surface area contributed by atoms with Gasteiger partial charge in [0.15, 0.2) is 0 Å². The summed E-state index contributed by atoms with van der Waals surface area (Å²) >= 11 is 0. The second-order valence-corrected chi connectivity index (χ2v) is 7.97. The lowest BCUT2D eigenvalue weighted by Gasteiger charge is -2.15. The number of aromatic nitrogens is 2. The molecule has 0 spiro atoms. The van der Waals surface area contributed by atoms with Crippen molar-refractivity contribution >= 4 is 11.9 Å². The van der Waals surface area contributed by atoms with E-state index in [2.05, 4.69) is 0 Å². The zero-order valence-electron chi connectivity index (χ0n) is 19.6. The van der Waals surface area contributed by atoms with Crippen molar-refractivity contribution in [2.24, 2.45) is 0 Å². The molecule has 0 aliphatic carbocycles. The Labute approximate surface area is 203 Å². The van der Waals surface area contributed by atoms with Crippen LogP contribution in [0, 0.1) is 0 Å². The number of nitrogens with zero attached hydrogens (tertiary/aromatic N) is 2. The number of esters is 2. The van der Waals surface area contributed by atoms with Gasteiger partial charge in [-0.15, -0.1) is 0 Å². The number of rotatable bonds is 8. The van der Waals surface area contributed by atoms with Crippen LogP contribution in [0.5, 0.6) is 11.6 Å². The minimum atomic E-state index is -0.727. The molecule has 0 fully saturated rings. The molecule has 178 valence electrons. The molecule has 0 aliphatic rings. The molecule has 1 heterocycles. The van der Waals surface area contributed by atoms with E-state index in [4.69, 9.17) is 9.47 Å². The van der Waals surface area contributed by atoms with Crippen LogP contribution in [0.4, 0.5) is 0 Å². The van der Waals surface area contributed by atoms with Gasteiger partial charge in [-0.1, -0.05) is 61.9 Å². The number of benzene rings is 3. The molecule has 0 aliphatic heterocycles. The predicted octanol–water partition coefficient (Wildman–Crippen LogP) is 5.12. The van der Waals surface area contributed by atoms with Gasteiger partial charge in [0.05, 0.1) is 16.9 Å². The molecule has 4 aromatic rings. The van der Waals surface area contributed by atoms with Crippen LogP contribution in [0.1, 0.15) is 42.6 Å². The summed E-state index contributed by atoms with van der Waals surface area (Å²) in [6.07, 6.45) is 2.05. The molecular formula is C28H26N2O5. The zero-order valence-corrected chi connectivity index (χ0v) is 19.6. The van der Waals surface area contributed by atoms with Gasteiger partial charge in [-0.2, -0.15) is 0 Å². The Balaban J connectivity index is 1.91. The first kappa shape index (κ1) is 23.8. The highest BCUT2D eigenvalue weighted by Crippen LogP contribution is 2.28. The molecule has 0 N–H and O–H groups in total. The van der Waals surface area contributed by atoms with E-state index in [0.717, 1.165) is 12.8 Å². The standard InChI is InChI=1S/C28H26N2O5/c1-3-4-17-24-26(32)29(21-13-7-5-8-14-21)30(22-15-9-6-10-16-22)27(24)35-28(33)23-18-11-12-19-25(23)34-20(2)31/h5-16,18-19H,3-4,17H2,1-2H3. The smallest absolute Gasteiger partial charge is 0.348 e. The van der Waals surface area contributed by atoms with Gasteiger partial charge >= 0.3 is 11.9 Å². The third-order valence-electron chi connectivity index (χ3n) is 5.43. The van der Waals surface area contributed by atoms with Crippen molar-refractivity contribution in [1.29, 1.82) is 0 Å². The molecule has 1 aromatic heterocycles. The molecule has 0 radical (unpaired) electrons. The monoisotopic (exact) mass is 470 g/mol. The Morgan fingerprint density at radius 3 is 1.94 bits per heavy atom. The van der Waals surface area contributed by atoms with Gasteiger partial charge in [0.1, 0.15) is 11.3 Å². The molecular weight excluding hydrogens is 444 g/mol. The molecule has 0 bridgehead atoms. The van der Waals surface area contributed by atoms with Crippen molar-refractivity contribution < 1.29 is 19.1 Å². The van der Waals surface area contributed by atoms with Crippen LogP contribution in [0.25, 0.3) is 11.4 Å². The molecule has 7 heteroatoms. The molecule has 0 atom stereocenters. The minimum absolute atomic E-state index is 0.0867. The maximum Gasteiger partial charge on any atom is 0.348 e. The van der Waals surface area contributed by atoms with E-state index < -0.39 is 11.9 Å². The molecule has 0 unspecified atom stereocenters. The zero-order chi connectivity index (χ0) is 24.8. The highest BCUT2D eigenvalue weighted by atomic mass is 16.6. The fourth-order valence-corrected chi connectivity index (χ4v) is 3.83. The average Bonchev–Trinajstić information content (AvgIpc) is 3.14. The first-order chi connectivity index (χ1) is 17.0. The van der Waals surface area contributed by atoms with Crippen LogP contribution in [0.15, 0.2) is 89.7 Å². The van der Waals surface area contributed by atoms with Gasteiger partial charge in [-0.05, 0) is 49.2 Å². The predicted molar refractivity (Wildman–Crippen MR) is 133 cm³/mol. The van der Waals surface area contributed by atoms with Gasteiger partial charge in [0.2, 0.25) is 5.88 Å². The van der Waals surface area contributed by atoms with E-state index in [-0.39, 0.29) is 22.8 Å². The van der Waals surface area contributed by atoms with Crippen molar-refractivity contribution in [1.82, 2.24) is 9.36 Å². The molecule has 0 saturated heterocycles. The normalized spacial score (nSPS) is 10.7. The molecule has 3 aromatic carbocycles. The summed E-state index contributed by atoms with van der Waals surface area (Å²) in [6.45, 7) is 3.29. The summed E-state index contributed by atoms with van der Waals surface area (Å²) in [5, 5.41) is 0. The average molecular weight is 471 g/mol. The summed E-state index contributed by atoms with van der Waals surface area (Å²) in [7, 11) is 0. The van der Waals surface area contributed by atoms with Crippen LogP contribution in [-0.4, -0.2) is 21.3 Å². The molecule has 4 rings (SSSR count). The number of carbonyl (C=O) groups excluding carboxylic acids is 2. The summed E-state index contributed by atoms with van der Waals surface area (Å²) in [5.74, 6) is -1.04. The minimum Gasteiger partial charge on any atom is -0.426 e. The van der Waals surface area contributed by atoms with E-state index in [9.17, 15) is 14.4 Å². The lowest BCUT2D eigenvalue weighted by Crippen LogP contribution is -2.22. The number of para-hydroxylation sites is 3. The number of unbranched alkanes of at least 4 members (excludes halogenated alkanes) is 1. The van der Waals surface area contributed by atoms with Crippen molar-refractivity contribution in [2.75, 3.05) is 0 Å². The Bertz CT molecular complexity index is 1390. The highest BCUT2D eigenvalue weighted by Gasteiger charge is 2.27. The maximum atomic E-state index is 13.7. The SMILES string of the molecule is CCCCc1c(OC(=O)c2ccccc2OC(C)=O)n(-c2ccccc2)n(-c2ccccc2)c1=O. The van der Waals surface area contributed by atoms with E-state index >= 15 is 0 Å². The summed E-state index contributed by atoms with van der Waals surface area (Å²) in [4.78, 5) is 38.6. The van der Waals surface area contributed by atoms with Gasteiger partial charge < -0.3 is 9.47 Å². The number of hydrogen-bond acceptors (Lipinski definition) is 5. The van der Waals surface area contributed by atoms with Gasteiger partial charge in [0.25, 0.3) is 5.56 Å². The Kier molecular flexibility index (Phi) is 7.26. The van der Waals surface area contributed by atoms with Gasteiger partial charge in [0, 0.05) is 6.92 Å². The van der Waals surface area contributed by atoms with Crippen molar-refractivity contribution in [2.45, 2.75) is 33.1 Å². The lowest BCUT2D eigenvalue weighted by molar-refractivity contribution is -0.131. The number of hydrogen-bond donors (Lipinski definition) is 0. The molecule has 35 heavy (non-hydrogen) atoms. The molecule has 0 amide bonds. The maximum absolute atomic E-state index is 13.7. The van der Waals surface area contributed by atoms with Crippen LogP contribution < -0.4 is 15.0 Å². The van der Waals surface area contributed by atoms with Crippen molar-refractivity contribution in [3.05, 3.63) is 106 Å². The first-order valence-corrected chi connectivity index (χ1v) is 11.5. The van der Waals surface area contributed by atoms with Crippen molar-refractivity contribution in [3.8, 4) is 23.0 Å². The fraction of sp³-hybridized carbons (Fsp3) is 0.179. The molecule has 0 saturated carbocycles. The Morgan fingerprint density at radius 2 is 1.34 bits per heavy atom. The van der Waals surface area contributed by atoms with E-state index in [1.54, 1.807) is 16.8 Å². The Morgan fingerprint density at radius 1 is 0.771 bits per heavy atom. The third kappa shape index (κ3) is 5.09. The lowest BCUT2D eigenvalue weighted by atomic mass is 10.1. The largest absolute Gasteiger partial charge is 0.426 e. The topological polar surface area (TPSA) is 79.5 Å². The summed E-state index contributed by atoms with van der Waals surface area (Å²) in [5.41, 5.74) is 1.53. The third-order valence-corrected chi connectivity index (χ3v) is 5.43. The highest BCUT2D eigenvalue weighted by molar-refractivity contribution is 5.94. The van der Waals surface area contributed by atoms with E-state index in [1.807, 2.05) is 67.6 Å². The number of carbonyl (C=O) groups is 2. The Hall–Kier alpha value is -4.39. The van der Waals surface area contributed by atoms with Crippen LogP contribution in [0.2, 0.25) is 0 Å². The second-order valence-electron chi connectivity index (χ2n) is 7.97. The summed E-state index contributed by atoms with van der Waals surface area (Å²) in [6, 6.07) is 24.8. The van der Waals surface area contributed by atoms with E-state index in [0.29, 0.717) is 23.4 Å². The van der Waals surface area contributed by atoms with Crippen molar-refractivity contribution in [3.63, 3.8) is 0 Å². The van der Waals surface area contributed by atoms with Gasteiger partial charge in [-0.3, -0.25) is 9.59 Å². The number of ether oxygens (including phenoxy) is 2. The fourth-order valence-electron chi connectivity index (χ4n) is 3.83. The van der Waals surface area contributed by atoms with Crippen LogP contribution >= 0.6 is 0 Å².